The summed E-state index contributed by atoms with van der Waals surface area (Å²) in [4.78, 5) is 29.5. The lowest BCUT2D eigenvalue weighted by Crippen LogP contribution is -2.31. The number of fused-ring (bicyclic) bond motifs is 1. The number of aryl methyl sites for hydroxylation is 1. The predicted octanol–water partition coefficient (Wildman–Crippen LogP) is 3.47. The largest absolute Gasteiger partial charge is 0.332 e. The van der Waals surface area contributed by atoms with Gasteiger partial charge in [-0.15, -0.1) is 0 Å². The monoisotopic (exact) mass is 399 g/mol. The summed E-state index contributed by atoms with van der Waals surface area (Å²) in [5.74, 6) is 0. The molecule has 0 aliphatic rings. The number of rotatable bonds is 5. The molecule has 7 heteroatoms. The van der Waals surface area contributed by atoms with Crippen LogP contribution in [0.3, 0.4) is 0 Å². The quantitative estimate of drug-likeness (QED) is 0.538. The molecule has 7 nitrogen and oxygen atoms in total. The van der Waals surface area contributed by atoms with E-state index in [2.05, 4.69) is 20.7 Å². The van der Waals surface area contributed by atoms with Gasteiger partial charge in [-0.25, -0.2) is 9.48 Å². The number of aromatic nitrogens is 3. The highest BCUT2D eigenvalue weighted by Gasteiger charge is 2.12. The Balaban J connectivity index is 1.59. The van der Waals surface area contributed by atoms with E-state index in [0.717, 1.165) is 16.6 Å². The highest BCUT2D eigenvalue weighted by atomic mass is 16.2. The van der Waals surface area contributed by atoms with Crippen LogP contribution in [0.1, 0.15) is 17.0 Å². The highest BCUT2D eigenvalue weighted by molar-refractivity contribution is 5.90. The molecule has 0 saturated heterocycles. The summed E-state index contributed by atoms with van der Waals surface area (Å²) in [6.07, 6.45) is 1.68. The smallest absolute Gasteiger partial charge is 0.319 e. The van der Waals surface area contributed by atoms with Gasteiger partial charge in [0.25, 0.3) is 5.56 Å². The molecule has 0 aliphatic carbocycles. The van der Waals surface area contributed by atoms with Crippen molar-refractivity contribution >= 4 is 22.5 Å². The lowest BCUT2D eigenvalue weighted by atomic mass is 10.1. The number of carbonyl (C=O) groups is 1. The number of urea groups is 1. The van der Waals surface area contributed by atoms with Crippen LogP contribution in [-0.2, 0) is 13.1 Å². The summed E-state index contributed by atoms with van der Waals surface area (Å²) in [7, 11) is 0. The fourth-order valence-electron chi connectivity index (χ4n) is 3.25. The van der Waals surface area contributed by atoms with Crippen LogP contribution in [0.2, 0.25) is 0 Å². The zero-order valence-electron chi connectivity index (χ0n) is 16.5. The van der Waals surface area contributed by atoms with Gasteiger partial charge in [0.2, 0.25) is 0 Å². The van der Waals surface area contributed by atoms with E-state index in [1.165, 1.54) is 4.68 Å². The molecule has 0 atom stereocenters. The SMILES string of the molecule is Cc1cccc(NC(=O)NCc2nn(Cc3ccccn3)c(=O)c3ccccc23)c1. The van der Waals surface area contributed by atoms with Crippen LogP contribution in [0.4, 0.5) is 10.5 Å². The molecule has 2 aromatic carbocycles. The van der Waals surface area contributed by atoms with Crippen molar-refractivity contribution in [3.8, 4) is 0 Å². The fraction of sp³-hybridized carbons (Fsp3) is 0.130. The van der Waals surface area contributed by atoms with Gasteiger partial charge in [-0.3, -0.25) is 9.78 Å². The third-order valence-corrected chi connectivity index (χ3v) is 4.67. The molecule has 0 aliphatic heterocycles. The number of hydrogen-bond donors (Lipinski definition) is 2. The Labute approximate surface area is 173 Å². The van der Waals surface area contributed by atoms with Crippen LogP contribution < -0.4 is 16.2 Å². The second kappa shape index (κ2) is 8.57. The zero-order chi connectivity index (χ0) is 20.9. The number of pyridine rings is 1. The molecular weight excluding hydrogens is 378 g/mol. The summed E-state index contributed by atoms with van der Waals surface area (Å²) in [6.45, 7) is 2.40. The number of carbonyl (C=O) groups excluding carboxylic acids is 1. The molecule has 0 unspecified atom stereocenters. The van der Waals surface area contributed by atoms with E-state index < -0.39 is 0 Å². The minimum absolute atomic E-state index is 0.181. The molecular formula is C23H21N5O2. The first-order chi connectivity index (χ1) is 14.6. The predicted molar refractivity (Wildman–Crippen MR) is 116 cm³/mol. The molecule has 0 radical (unpaired) electrons. The van der Waals surface area contributed by atoms with Gasteiger partial charge in [0, 0.05) is 17.3 Å². The minimum Gasteiger partial charge on any atom is -0.332 e. The van der Waals surface area contributed by atoms with Crippen molar-refractivity contribution in [1.82, 2.24) is 20.1 Å². The maximum Gasteiger partial charge on any atom is 0.319 e. The third kappa shape index (κ3) is 4.35. The van der Waals surface area contributed by atoms with E-state index in [1.54, 1.807) is 12.3 Å². The van der Waals surface area contributed by atoms with Crippen molar-refractivity contribution in [3.63, 3.8) is 0 Å². The van der Waals surface area contributed by atoms with E-state index >= 15 is 0 Å². The normalized spacial score (nSPS) is 10.7. The molecule has 2 amide bonds. The van der Waals surface area contributed by atoms with Crippen LogP contribution in [-0.4, -0.2) is 20.8 Å². The lowest BCUT2D eigenvalue weighted by molar-refractivity contribution is 0.251. The van der Waals surface area contributed by atoms with Gasteiger partial charge in [-0.1, -0.05) is 36.4 Å². The molecule has 2 heterocycles. The number of hydrogen-bond acceptors (Lipinski definition) is 4. The summed E-state index contributed by atoms with van der Waals surface area (Å²) in [6, 6.07) is 20.0. The van der Waals surface area contributed by atoms with E-state index in [-0.39, 0.29) is 24.7 Å². The van der Waals surface area contributed by atoms with Crippen LogP contribution in [0.25, 0.3) is 10.8 Å². The summed E-state index contributed by atoms with van der Waals surface area (Å²) < 4.78 is 1.39. The zero-order valence-corrected chi connectivity index (χ0v) is 16.5. The second-order valence-electron chi connectivity index (χ2n) is 6.95. The van der Waals surface area contributed by atoms with E-state index in [4.69, 9.17) is 0 Å². The van der Waals surface area contributed by atoms with Gasteiger partial charge >= 0.3 is 6.03 Å². The first-order valence-corrected chi connectivity index (χ1v) is 9.60. The van der Waals surface area contributed by atoms with E-state index in [0.29, 0.717) is 16.8 Å². The fourth-order valence-corrected chi connectivity index (χ4v) is 3.25. The number of nitrogens with one attached hydrogen (secondary N) is 2. The molecule has 2 aromatic heterocycles. The van der Waals surface area contributed by atoms with Crippen LogP contribution in [0, 0.1) is 6.92 Å². The van der Waals surface area contributed by atoms with Crippen molar-refractivity contribution in [2.75, 3.05) is 5.32 Å². The van der Waals surface area contributed by atoms with Gasteiger partial charge in [0.15, 0.2) is 0 Å². The average molecular weight is 399 g/mol. The van der Waals surface area contributed by atoms with E-state index in [9.17, 15) is 9.59 Å². The van der Waals surface area contributed by atoms with Crippen molar-refractivity contribution in [2.45, 2.75) is 20.0 Å². The molecule has 30 heavy (non-hydrogen) atoms. The highest BCUT2D eigenvalue weighted by Crippen LogP contribution is 2.14. The number of amides is 2. The Bertz CT molecular complexity index is 1250. The van der Waals surface area contributed by atoms with Crippen LogP contribution >= 0.6 is 0 Å². The number of benzene rings is 2. The van der Waals surface area contributed by atoms with Crippen molar-refractivity contribution in [2.24, 2.45) is 0 Å². The van der Waals surface area contributed by atoms with Gasteiger partial charge in [-0.05, 0) is 42.8 Å². The van der Waals surface area contributed by atoms with Crippen molar-refractivity contribution in [3.05, 3.63) is 100 Å². The Kier molecular flexibility index (Phi) is 5.52. The maximum atomic E-state index is 12.9. The van der Waals surface area contributed by atoms with Gasteiger partial charge < -0.3 is 10.6 Å². The molecule has 0 saturated carbocycles. The topological polar surface area (TPSA) is 88.9 Å². The number of anilines is 1. The molecule has 150 valence electrons. The molecule has 2 N–H and O–H groups in total. The van der Waals surface area contributed by atoms with Gasteiger partial charge in [0.05, 0.1) is 29.9 Å². The van der Waals surface area contributed by atoms with E-state index in [1.807, 2.05) is 67.6 Å². The van der Waals surface area contributed by atoms with Crippen molar-refractivity contribution < 1.29 is 4.79 Å². The summed E-state index contributed by atoms with van der Waals surface area (Å²) in [5.41, 5.74) is 2.93. The molecule has 0 bridgehead atoms. The maximum absolute atomic E-state index is 12.9. The summed E-state index contributed by atoms with van der Waals surface area (Å²) >= 11 is 0. The molecule has 0 fully saturated rings. The minimum atomic E-state index is -0.339. The first kappa shape index (κ1) is 19.3. The van der Waals surface area contributed by atoms with Crippen LogP contribution in [0.5, 0.6) is 0 Å². The average Bonchev–Trinajstić information content (AvgIpc) is 2.75. The Morgan fingerprint density at radius 3 is 2.57 bits per heavy atom. The van der Waals surface area contributed by atoms with Gasteiger partial charge in [-0.2, -0.15) is 5.10 Å². The number of nitrogens with zero attached hydrogens (tertiary/aromatic N) is 3. The lowest BCUT2D eigenvalue weighted by Gasteiger charge is -2.12. The summed E-state index contributed by atoms with van der Waals surface area (Å²) in [5, 5.41) is 11.4. The Morgan fingerprint density at radius 1 is 1.00 bits per heavy atom. The Hall–Kier alpha value is -4.00. The second-order valence-corrected chi connectivity index (χ2v) is 6.95. The first-order valence-electron chi connectivity index (χ1n) is 9.60. The standard InChI is InChI=1S/C23H21N5O2/c1-16-7-6-9-17(13-16)26-23(30)25-14-21-19-10-2-3-11-20(19)22(29)28(27-21)15-18-8-4-5-12-24-18/h2-13H,14-15H2,1H3,(H2,25,26,30). The molecule has 4 rings (SSSR count). The molecule has 4 aromatic rings. The third-order valence-electron chi connectivity index (χ3n) is 4.67. The van der Waals surface area contributed by atoms with Gasteiger partial charge in [0.1, 0.15) is 0 Å². The van der Waals surface area contributed by atoms with Crippen molar-refractivity contribution in [1.29, 1.82) is 0 Å². The van der Waals surface area contributed by atoms with Crippen LogP contribution in [0.15, 0.2) is 77.7 Å². The Morgan fingerprint density at radius 2 is 1.80 bits per heavy atom. The molecule has 0 spiro atoms.